The molecule has 1 saturated carbocycles. The van der Waals surface area contributed by atoms with Crippen LogP contribution in [0.15, 0.2) is 18.6 Å². The third kappa shape index (κ3) is 3.71. The molecule has 1 N–H and O–H groups in total. The summed E-state index contributed by atoms with van der Waals surface area (Å²) in [5.74, 6) is 0.354. The van der Waals surface area contributed by atoms with Gasteiger partial charge < -0.3 is 9.88 Å². The van der Waals surface area contributed by atoms with E-state index in [9.17, 15) is 17.2 Å². The van der Waals surface area contributed by atoms with Gasteiger partial charge in [0.2, 0.25) is 16.4 Å². The number of rotatable bonds is 6. The van der Waals surface area contributed by atoms with Gasteiger partial charge in [-0.15, -0.1) is 0 Å². The molecule has 0 amide bonds. The minimum Gasteiger partial charge on any atom is -0.356 e. The predicted octanol–water partition coefficient (Wildman–Crippen LogP) is 2.48. The number of halogens is 2. The van der Waals surface area contributed by atoms with Gasteiger partial charge in [-0.25, -0.2) is 31.5 Å². The fraction of sp³-hybridized carbons (Fsp3) is 0.667. The average Bonchev–Trinajstić information content (AvgIpc) is 3.12. The molecule has 0 spiro atoms. The first-order chi connectivity index (χ1) is 13.3. The van der Waals surface area contributed by atoms with E-state index in [4.69, 9.17) is 0 Å². The molecular formula is C18H25F2N5O2S. The molecule has 2 fully saturated rings. The second-order valence-electron chi connectivity index (χ2n) is 7.89. The van der Waals surface area contributed by atoms with Crippen molar-refractivity contribution in [2.45, 2.75) is 38.2 Å². The Hall–Kier alpha value is -1.81. The summed E-state index contributed by atoms with van der Waals surface area (Å²) in [6.45, 7) is 0.416. The molecule has 1 saturated heterocycles. The third-order valence-corrected chi connectivity index (χ3v) is 8.16. The van der Waals surface area contributed by atoms with E-state index in [1.165, 1.54) is 10.6 Å². The van der Waals surface area contributed by atoms with Gasteiger partial charge in [0.1, 0.15) is 17.8 Å². The van der Waals surface area contributed by atoms with Crippen LogP contribution in [0, 0.1) is 11.8 Å². The SMILES string of the molecule is CN(c1ncnc2[nH]ccc12)C1CC(CS(=O)(=O)N2CCC(C(F)F)CC2)C1. The van der Waals surface area contributed by atoms with Crippen molar-refractivity contribution in [1.82, 2.24) is 19.3 Å². The van der Waals surface area contributed by atoms with Crippen molar-refractivity contribution < 1.29 is 17.2 Å². The Balaban J connectivity index is 1.32. The van der Waals surface area contributed by atoms with Gasteiger partial charge in [-0.3, -0.25) is 0 Å². The van der Waals surface area contributed by atoms with Crippen LogP contribution in [0.3, 0.4) is 0 Å². The number of H-pyrrole nitrogens is 1. The van der Waals surface area contributed by atoms with E-state index in [1.807, 2.05) is 19.3 Å². The van der Waals surface area contributed by atoms with Crippen molar-refractivity contribution in [2.75, 3.05) is 30.8 Å². The Morgan fingerprint density at radius 2 is 2.00 bits per heavy atom. The molecule has 154 valence electrons. The Bertz CT molecular complexity index is 921. The summed E-state index contributed by atoms with van der Waals surface area (Å²) in [7, 11) is -1.42. The van der Waals surface area contributed by atoms with Crippen LogP contribution < -0.4 is 4.90 Å². The van der Waals surface area contributed by atoms with E-state index in [2.05, 4.69) is 19.9 Å². The van der Waals surface area contributed by atoms with Crippen LogP contribution in [0.5, 0.6) is 0 Å². The van der Waals surface area contributed by atoms with Crippen LogP contribution >= 0.6 is 0 Å². The lowest BCUT2D eigenvalue weighted by molar-refractivity contribution is 0.0489. The van der Waals surface area contributed by atoms with Crippen LogP contribution in [0.1, 0.15) is 25.7 Å². The van der Waals surface area contributed by atoms with Crippen LogP contribution in [0.4, 0.5) is 14.6 Å². The predicted molar refractivity (Wildman–Crippen MR) is 103 cm³/mol. The lowest BCUT2D eigenvalue weighted by atomic mass is 9.81. The van der Waals surface area contributed by atoms with Crippen molar-refractivity contribution >= 4 is 26.9 Å². The average molecular weight is 413 g/mol. The van der Waals surface area contributed by atoms with Gasteiger partial charge >= 0.3 is 0 Å². The number of sulfonamides is 1. The molecule has 3 heterocycles. The number of nitrogens with zero attached hydrogens (tertiary/aromatic N) is 4. The van der Waals surface area contributed by atoms with Crippen molar-refractivity contribution in [1.29, 1.82) is 0 Å². The molecule has 0 bridgehead atoms. The largest absolute Gasteiger partial charge is 0.356 e. The molecule has 2 aromatic rings. The molecule has 28 heavy (non-hydrogen) atoms. The summed E-state index contributed by atoms with van der Waals surface area (Å²) in [6.07, 6.45) is 3.03. The van der Waals surface area contributed by atoms with E-state index in [1.54, 1.807) is 0 Å². The maximum absolute atomic E-state index is 12.8. The molecule has 0 atom stereocenters. The van der Waals surface area contributed by atoms with Crippen LogP contribution in [-0.4, -0.2) is 66.0 Å². The Labute approximate surface area is 163 Å². The standard InChI is InChI=1S/C18H25F2N5O2S/c1-24(18-15-2-5-21-17(15)22-11-23-18)14-8-12(9-14)10-28(26,27)25-6-3-13(4-7-25)16(19)20/h2,5,11-14,16H,3-4,6-10H2,1H3,(H,21,22,23). The van der Waals surface area contributed by atoms with E-state index < -0.39 is 22.4 Å². The molecule has 4 rings (SSSR count). The second kappa shape index (κ2) is 7.55. The van der Waals surface area contributed by atoms with Crippen LogP contribution in [0.25, 0.3) is 11.0 Å². The number of alkyl halides is 2. The van der Waals surface area contributed by atoms with E-state index in [0.29, 0.717) is 0 Å². The van der Waals surface area contributed by atoms with Crippen LogP contribution in [0.2, 0.25) is 0 Å². The highest BCUT2D eigenvalue weighted by atomic mass is 32.2. The van der Waals surface area contributed by atoms with Gasteiger partial charge in [0.25, 0.3) is 0 Å². The molecule has 1 aliphatic heterocycles. The minimum atomic E-state index is -3.39. The van der Waals surface area contributed by atoms with Crippen LogP contribution in [-0.2, 0) is 10.0 Å². The molecular weight excluding hydrogens is 388 g/mol. The summed E-state index contributed by atoms with van der Waals surface area (Å²) in [4.78, 5) is 13.7. The van der Waals surface area contributed by atoms with Crippen molar-refractivity contribution in [3.05, 3.63) is 18.6 Å². The zero-order valence-corrected chi connectivity index (χ0v) is 16.6. The van der Waals surface area contributed by atoms with Gasteiger partial charge in [-0.2, -0.15) is 0 Å². The first-order valence-electron chi connectivity index (χ1n) is 9.62. The highest BCUT2D eigenvalue weighted by Gasteiger charge is 2.39. The lowest BCUT2D eigenvalue weighted by Gasteiger charge is -2.42. The number of fused-ring (bicyclic) bond motifs is 1. The minimum absolute atomic E-state index is 0.0915. The number of hydrogen-bond donors (Lipinski definition) is 1. The van der Waals surface area contributed by atoms with E-state index >= 15 is 0 Å². The Kier molecular flexibility index (Phi) is 5.26. The topological polar surface area (TPSA) is 82.2 Å². The number of aromatic amines is 1. The third-order valence-electron chi connectivity index (χ3n) is 6.12. The molecule has 2 aliphatic rings. The maximum atomic E-state index is 12.8. The number of piperidine rings is 1. The number of nitrogens with one attached hydrogen (secondary N) is 1. The molecule has 1 aliphatic carbocycles. The molecule has 0 radical (unpaired) electrons. The van der Waals surface area contributed by atoms with E-state index in [0.717, 1.165) is 29.7 Å². The highest BCUT2D eigenvalue weighted by molar-refractivity contribution is 7.89. The quantitative estimate of drug-likeness (QED) is 0.787. The summed E-state index contributed by atoms with van der Waals surface area (Å²) in [6, 6.07) is 2.17. The van der Waals surface area contributed by atoms with Crippen molar-refractivity contribution in [3.63, 3.8) is 0 Å². The van der Waals surface area contributed by atoms with Crippen molar-refractivity contribution in [3.8, 4) is 0 Å². The summed E-state index contributed by atoms with van der Waals surface area (Å²) in [5, 5.41) is 0.947. The molecule has 10 heteroatoms. The lowest BCUT2D eigenvalue weighted by Crippen LogP contribution is -2.48. The summed E-state index contributed by atoms with van der Waals surface area (Å²) in [5.41, 5.74) is 0.780. The zero-order chi connectivity index (χ0) is 19.9. The summed E-state index contributed by atoms with van der Waals surface area (Å²) < 4.78 is 52.2. The fourth-order valence-corrected chi connectivity index (χ4v) is 6.12. The fourth-order valence-electron chi connectivity index (χ4n) is 4.27. The molecule has 0 aromatic carbocycles. The zero-order valence-electron chi connectivity index (χ0n) is 15.8. The van der Waals surface area contributed by atoms with E-state index in [-0.39, 0.29) is 43.6 Å². The van der Waals surface area contributed by atoms with Gasteiger partial charge in [-0.1, -0.05) is 0 Å². The second-order valence-corrected chi connectivity index (χ2v) is 9.90. The summed E-state index contributed by atoms with van der Waals surface area (Å²) >= 11 is 0. The first-order valence-corrected chi connectivity index (χ1v) is 11.2. The number of aromatic nitrogens is 3. The Morgan fingerprint density at radius 3 is 2.68 bits per heavy atom. The normalized spacial score (nSPS) is 24.6. The molecule has 2 aromatic heterocycles. The monoisotopic (exact) mass is 413 g/mol. The molecule has 7 nitrogen and oxygen atoms in total. The highest BCUT2D eigenvalue weighted by Crippen LogP contribution is 2.36. The van der Waals surface area contributed by atoms with Gasteiger partial charge in [0, 0.05) is 38.3 Å². The smallest absolute Gasteiger partial charge is 0.241 e. The van der Waals surface area contributed by atoms with Crippen molar-refractivity contribution in [2.24, 2.45) is 11.8 Å². The van der Waals surface area contributed by atoms with Gasteiger partial charge in [0.15, 0.2) is 0 Å². The first kappa shape index (κ1) is 19.5. The van der Waals surface area contributed by atoms with Gasteiger partial charge in [0.05, 0.1) is 11.1 Å². The Morgan fingerprint density at radius 1 is 1.29 bits per heavy atom. The maximum Gasteiger partial charge on any atom is 0.241 e. The van der Waals surface area contributed by atoms with Gasteiger partial charge in [-0.05, 0) is 37.7 Å². The molecule has 0 unspecified atom stereocenters. The number of hydrogen-bond acceptors (Lipinski definition) is 5. The number of anilines is 1.